The second-order valence-electron chi connectivity index (χ2n) is 12.1. The van der Waals surface area contributed by atoms with Gasteiger partial charge in [-0.15, -0.1) is 5.10 Å². The fourth-order valence-electron chi connectivity index (χ4n) is 6.55. The molecule has 2 bridgehead atoms. The Kier molecular flexibility index (Phi) is 9.17. The second-order valence-corrected chi connectivity index (χ2v) is 12.1. The summed E-state index contributed by atoms with van der Waals surface area (Å²) in [5, 5.41) is 18.8. The topological polar surface area (TPSA) is 148 Å². The second kappa shape index (κ2) is 13.5. The van der Waals surface area contributed by atoms with Gasteiger partial charge in [0.05, 0.1) is 11.0 Å². The van der Waals surface area contributed by atoms with E-state index in [0.29, 0.717) is 11.6 Å². The van der Waals surface area contributed by atoms with E-state index in [1.165, 1.54) is 6.08 Å². The molecule has 2 unspecified atom stereocenters. The number of carbonyl (C=O) groups is 2. The molecule has 2 aliphatic heterocycles. The van der Waals surface area contributed by atoms with E-state index in [1.54, 1.807) is 11.0 Å². The lowest BCUT2D eigenvalue weighted by Crippen LogP contribution is -2.53. The summed E-state index contributed by atoms with van der Waals surface area (Å²) in [4.78, 5) is 37.6. The van der Waals surface area contributed by atoms with E-state index in [-0.39, 0.29) is 23.9 Å². The van der Waals surface area contributed by atoms with Gasteiger partial charge >= 0.3 is 12.1 Å². The van der Waals surface area contributed by atoms with Crippen molar-refractivity contribution in [1.29, 1.82) is 0 Å². The molecule has 7 rings (SSSR count). The number of halogens is 3. The third kappa shape index (κ3) is 7.15. The summed E-state index contributed by atoms with van der Waals surface area (Å²) in [6, 6.07) is 16.3. The minimum atomic E-state index is -5.08. The van der Waals surface area contributed by atoms with Crippen LogP contribution in [0.2, 0.25) is 0 Å². The van der Waals surface area contributed by atoms with Gasteiger partial charge < -0.3 is 20.1 Å². The SMILES string of the molecule is C=CC(=O)N1C2CCCC1CC(c1ccc3ncnc(Nc4ccc(Oc5ccc6c(c5)nnn6C)c(C)c4)c3n1)C2.O=C(O)C(F)(F)F. The quantitative estimate of drug-likeness (QED) is 0.189. The molecule has 2 N–H and O–H groups in total. The molecule has 1 amide bonds. The standard InChI is InChI=1S/C32H32N8O2.C2HF3O2/c1-4-30(41)40-22-6-5-7-23(40)16-20(15-22)25-10-11-26-31(36-25)32(34-18-33-26)35-21-8-13-29(19(2)14-21)42-24-9-12-28-27(17-24)37-38-39(28)3;3-2(4,5)1(6)7/h4,8-14,17-18,20,22-23H,1,5-7,15-16H2,2-3H3,(H,33,34,35);(H,6,7). The summed E-state index contributed by atoms with van der Waals surface area (Å²) < 4.78 is 39.6. The number of aryl methyl sites for hydroxylation is 2. The minimum Gasteiger partial charge on any atom is -0.475 e. The molecule has 2 aliphatic rings. The van der Waals surface area contributed by atoms with Crippen LogP contribution in [0.5, 0.6) is 11.5 Å². The maximum atomic E-state index is 12.6. The number of ether oxygens (including phenoxy) is 1. The van der Waals surface area contributed by atoms with Crippen molar-refractivity contribution >= 4 is 45.4 Å². The van der Waals surface area contributed by atoms with Gasteiger partial charge in [-0.05, 0) is 93.1 Å². The monoisotopic (exact) mass is 674 g/mol. The number of aliphatic carboxylic acids is 1. The maximum absolute atomic E-state index is 12.6. The predicted molar refractivity (Wildman–Crippen MR) is 175 cm³/mol. The molecule has 2 atom stereocenters. The number of amides is 1. The molecular formula is C34H33F3N8O4. The number of benzene rings is 2. The first-order chi connectivity index (χ1) is 23.4. The van der Waals surface area contributed by atoms with Crippen LogP contribution in [-0.4, -0.2) is 70.1 Å². The third-order valence-electron chi connectivity index (χ3n) is 8.82. The number of pyridine rings is 1. The summed E-state index contributed by atoms with van der Waals surface area (Å²) in [5.41, 5.74) is 6.13. The number of carboxylic acid groups (broad SMARTS) is 1. The zero-order valence-corrected chi connectivity index (χ0v) is 26.7. The summed E-state index contributed by atoms with van der Waals surface area (Å²) >= 11 is 0. The van der Waals surface area contributed by atoms with Crippen molar-refractivity contribution in [3.8, 4) is 11.5 Å². The molecule has 15 heteroatoms. The number of anilines is 2. The van der Waals surface area contributed by atoms with Gasteiger partial charge in [0, 0.05) is 42.5 Å². The zero-order valence-electron chi connectivity index (χ0n) is 26.7. The molecule has 5 heterocycles. The van der Waals surface area contributed by atoms with Gasteiger partial charge in [-0.1, -0.05) is 11.8 Å². The molecule has 0 spiro atoms. The van der Waals surface area contributed by atoms with Crippen LogP contribution in [0.15, 0.2) is 67.5 Å². The fraction of sp³-hybridized carbons (Fsp3) is 0.324. The number of carboxylic acids is 1. The first-order valence-electron chi connectivity index (χ1n) is 15.6. The highest BCUT2D eigenvalue weighted by Gasteiger charge is 2.41. The Morgan fingerprint density at radius 1 is 1.04 bits per heavy atom. The third-order valence-corrected chi connectivity index (χ3v) is 8.82. The number of hydrogen-bond acceptors (Lipinski definition) is 9. The van der Waals surface area contributed by atoms with Crippen molar-refractivity contribution in [1.82, 2.24) is 34.8 Å². The van der Waals surface area contributed by atoms with E-state index < -0.39 is 12.1 Å². The lowest BCUT2D eigenvalue weighted by atomic mass is 9.77. The van der Waals surface area contributed by atoms with E-state index in [2.05, 4.69) is 43.1 Å². The molecule has 2 fully saturated rings. The summed E-state index contributed by atoms with van der Waals surface area (Å²) in [6.07, 6.45) is 2.98. The van der Waals surface area contributed by atoms with Crippen molar-refractivity contribution in [2.45, 2.75) is 63.2 Å². The molecule has 0 saturated carbocycles. The first-order valence-corrected chi connectivity index (χ1v) is 15.6. The highest BCUT2D eigenvalue weighted by Crippen LogP contribution is 2.42. The number of piperidine rings is 2. The van der Waals surface area contributed by atoms with Crippen LogP contribution >= 0.6 is 0 Å². The molecule has 5 aromatic rings. The molecule has 49 heavy (non-hydrogen) atoms. The Labute approximate surface area is 278 Å². The van der Waals surface area contributed by atoms with Gasteiger partial charge in [0.2, 0.25) is 5.91 Å². The number of rotatable bonds is 6. The molecule has 254 valence electrons. The lowest BCUT2D eigenvalue weighted by molar-refractivity contribution is -0.192. The van der Waals surface area contributed by atoms with Crippen molar-refractivity contribution in [2.24, 2.45) is 7.05 Å². The number of alkyl halides is 3. The van der Waals surface area contributed by atoms with E-state index in [4.69, 9.17) is 19.6 Å². The van der Waals surface area contributed by atoms with Crippen LogP contribution in [0.25, 0.3) is 22.1 Å². The van der Waals surface area contributed by atoms with E-state index in [9.17, 15) is 18.0 Å². The molecule has 12 nitrogen and oxygen atoms in total. The minimum absolute atomic E-state index is 0.0489. The molecular weight excluding hydrogens is 641 g/mol. The average molecular weight is 675 g/mol. The Balaban J connectivity index is 0.000000540. The van der Waals surface area contributed by atoms with Gasteiger partial charge in [0.1, 0.15) is 28.9 Å². The lowest BCUT2D eigenvalue weighted by Gasteiger charge is -2.48. The Morgan fingerprint density at radius 2 is 1.78 bits per heavy atom. The van der Waals surface area contributed by atoms with Crippen LogP contribution in [0, 0.1) is 6.92 Å². The molecule has 3 aromatic heterocycles. The fourth-order valence-corrected chi connectivity index (χ4v) is 6.55. The average Bonchev–Trinajstić information content (AvgIpc) is 3.44. The summed E-state index contributed by atoms with van der Waals surface area (Å²) in [6.45, 7) is 5.73. The number of hydrogen-bond donors (Lipinski definition) is 2. The summed E-state index contributed by atoms with van der Waals surface area (Å²) in [5.74, 6) is -0.313. The van der Waals surface area contributed by atoms with Crippen LogP contribution in [0.4, 0.5) is 24.7 Å². The molecule has 0 aliphatic carbocycles. The van der Waals surface area contributed by atoms with Crippen molar-refractivity contribution in [2.75, 3.05) is 5.32 Å². The molecule has 2 aromatic carbocycles. The molecule has 0 radical (unpaired) electrons. The van der Waals surface area contributed by atoms with Gasteiger partial charge in [0.25, 0.3) is 0 Å². The van der Waals surface area contributed by atoms with Crippen molar-refractivity contribution in [3.63, 3.8) is 0 Å². The zero-order chi connectivity index (χ0) is 34.9. The number of nitrogens with zero attached hydrogens (tertiary/aromatic N) is 7. The van der Waals surface area contributed by atoms with Crippen LogP contribution in [0.1, 0.15) is 49.3 Å². The predicted octanol–water partition coefficient (Wildman–Crippen LogP) is 6.60. The first kappa shape index (κ1) is 33.3. The summed E-state index contributed by atoms with van der Waals surface area (Å²) in [7, 11) is 1.87. The van der Waals surface area contributed by atoms with E-state index in [0.717, 1.165) is 76.9 Å². The highest BCUT2D eigenvalue weighted by atomic mass is 19.4. The van der Waals surface area contributed by atoms with Crippen LogP contribution in [0.3, 0.4) is 0 Å². The highest BCUT2D eigenvalue weighted by molar-refractivity contribution is 5.88. The van der Waals surface area contributed by atoms with E-state index in [1.807, 2.05) is 56.4 Å². The number of nitrogens with one attached hydrogen (secondary N) is 1. The van der Waals surface area contributed by atoms with Gasteiger partial charge in [-0.2, -0.15) is 13.2 Å². The number of fused-ring (bicyclic) bond motifs is 4. The van der Waals surface area contributed by atoms with Gasteiger partial charge in [0.15, 0.2) is 5.82 Å². The smallest absolute Gasteiger partial charge is 0.475 e. The van der Waals surface area contributed by atoms with Gasteiger partial charge in [-0.3, -0.25) is 4.79 Å². The number of aromatic nitrogens is 6. The van der Waals surface area contributed by atoms with Crippen molar-refractivity contribution < 1.29 is 32.6 Å². The Hall–Kier alpha value is -5.60. The number of carbonyl (C=O) groups excluding carboxylic acids is 1. The van der Waals surface area contributed by atoms with Crippen LogP contribution < -0.4 is 10.1 Å². The largest absolute Gasteiger partial charge is 0.490 e. The van der Waals surface area contributed by atoms with Gasteiger partial charge in [-0.25, -0.2) is 24.4 Å². The van der Waals surface area contributed by atoms with Crippen LogP contribution in [-0.2, 0) is 16.6 Å². The maximum Gasteiger partial charge on any atom is 0.490 e. The Morgan fingerprint density at radius 3 is 2.45 bits per heavy atom. The normalized spacial score (nSPS) is 18.8. The Bertz CT molecular complexity index is 2040. The molecule has 2 saturated heterocycles. The van der Waals surface area contributed by atoms with Crippen molar-refractivity contribution in [3.05, 3.63) is 78.8 Å². The van der Waals surface area contributed by atoms with E-state index >= 15 is 0 Å².